The van der Waals surface area contributed by atoms with Crippen LogP contribution >= 0.6 is 0 Å². The minimum Gasteiger partial charge on any atom is -0.338 e. The van der Waals surface area contributed by atoms with Crippen LogP contribution in [0.5, 0.6) is 0 Å². The highest BCUT2D eigenvalue weighted by Gasteiger charge is 2.21. The Labute approximate surface area is 121 Å². The van der Waals surface area contributed by atoms with E-state index in [1.54, 1.807) is 0 Å². The molecule has 1 aromatic carbocycles. The van der Waals surface area contributed by atoms with Crippen molar-refractivity contribution in [1.82, 2.24) is 10.2 Å². The maximum atomic E-state index is 12.3. The molecule has 0 aromatic heterocycles. The quantitative estimate of drug-likeness (QED) is 0.917. The van der Waals surface area contributed by atoms with Crippen LogP contribution in [0.2, 0.25) is 0 Å². The van der Waals surface area contributed by atoms with Gasteiger partial charge in [-0.15, -0.1) is 0 Å². The Balaban J connectivity index is 1.51. The molecule has 1 saturated heterocycles. The highest BCUT2D eigenvalue weighted by Crippen LogP contribution is 2.20. The molecule has 1 atom stereocenters. The first-order valence-corrected chi connectivity index (χ1v) is 7.91. The van der Waals surface area contributed by atoms with Crippen LogP contribution in [0.1, 0.15) is 43.2 Å². The van der Waals surface area contributed by atoms with Gasteiger partial charge in [-0.3, -0.25) is 4.79 Å². The second-order valence-electron chi connectivity index (χ2n) is 6.02. The van der Waals surface area contributed by atoms with Crippen molar-refractivity contribution < 1.29 is 4.79 Å². The molecule has 1 aromatic rings. The normalized spacial score (nSPS) is 22.4. The summed E-state index contributed by atoms with van der Waals surface area (Å²) >= 11 is 0. The number of nitrogens with one attached hydrogen (secondary N) is 1. The standard InChI is InChI=1S/C17H24N2O/c20-17(9-8-16-7-3-4-11-18-16)19-12-10-14-5-1-2-6-15(14)13-19/h1-2,5-6,16,18H,3-4,7-13H2. The molecular weight excluding hydrogens is 248 g/mol. The first kappa shape index (κ1) is 13.6. The van der Waals surface area contributed by atoms with Gasteiger partial charge in [0.1, 0.15) is 0 Å². The van der Waals surface area contributed by atoms with Crippen molar-refractivity contribution >= 4 is 5.91 Å². The van der Waals surface area contributed by atoms with Gasteiger partial charge >= 0.3 is 0 Å². The minimum absolute atomic E-state index is 0.326. The van der Waals surface area contributed by atoms with Gasteiger partial charge in [-0.05, 0) is 43.4 Å². The molecule has 1 N–H and O–H groups in total. The van der Waals surface area contributed by atoms with E-state index in [-0.39, 0.29) is 0 Å². The number of carbonyl (C=O) groups excluding carboxylic acids is 1. The lowest BCUT2D eigenvalue weighted by atomic mass is 9.98. The fourth-order valence-corrected chi connectivity index (χ4v) is 3.33. The Kier molecular flexibility index (Phi) is 4.36. The van der Waals surface area contributed by atoms with Crippen LogP contribution in [-0.2, 0) is 17.8 Å². The van der Waals surface area contributed by atoms with Gasteiger partial charge in [-0.2, -0.15) is 0 Å². The van der Waals surface area contributed by atoms with E-state index in [4.69, 9.17) is 0 Å². The zero-order chi connectivity index (χ0) is 13.8. The number of piperidine rings is 1. The third kappa shape index (κ3) is 3.21. The summed E-state index contributed by atoms with van der Waals surface area (Å²) in [6.07, 6.45) is 6.52. The zero-order valence-electron chi connectivity index (χ0n) is 12.1. The molecule has 1 fully saturated rings. The third-order valence-electron chi connectivity index (χ3n) is 4.60. The predicted octanol–water partition coefficient (Wildman–Crippen LogP) is 2.49. The third-order valence-corrected chi connectivity index (χ3v) is 4.60. The number of fused-ring (bicyclic) bond motifs is 1. The average molecular weight is 272 g/mol. The summed E-state index contributed by atoms with van der Waals surface area (Å²) in [5.74, 6) is 0.326. The van der Waals surface area contributed by atoms with Crippen molar-refractivity contribution in [1.29, 1.82) is 0 Å². The Morgan fingerprint density at radius 2 is 2.10 bits per heavy atom. The molecule has 2 aliphatic heterocycles. The number of benzene rings is 1. The van der Waals surface area contributed by atoms with Gasteiger partial charge in [0, 0.05) is 25.6 Å². The topological polar surface area (TPSA) is 32.3 Å². The molecule has 0 spiro atoms. The Morgan fingerprint density at radius 1 is 1.25 bits per heavy atom. The van der Waals surface area contributed by atoms with E-state index in [1.165, 1.54) is 30.4 Å². The van der Waals surface area contributed by atoms with Crippen molar-refractivity contribution in [3.05, 3.63) is 35.4 Å². The molecule has 1 amide bonds. The van der Waals surface area contributed by atoms with Crippen molar-refractivity contribution in [3.63, 3.8) is 0 Å². The average Bonchev–Trinajstić information content (AvgIpc) is 2.53. The van der Waals surface area contributed by atoms with Crippen LogP contribution in [0.4, 0.5) is 0 Å². The largest absolute Gasteiger partial charge is 0.338 e. The summed E-state index contributed by atoms with van der Waals surface area (Å²) in [5.41, 5.74) is 2.73. The second kappa shape index (κ2) is 6.40. The molecule has 1 unspecified atom stereocenters. The van der Waals surface area contributed by atoms with E-state index in [2.05, 4.69) is 29.6 Å². The van der Waals surface area contributed by atoms with Gasteiger partial charge in [0.15, 0.2) is 0 Å². The summed E-state index contributed by atoms with van der Waals surface area (Å²) < 4.78 is 0. The van der Waals surface area contributed by atoms with Crippen LogP contribution in [-0.4, -0.2) is 29.9 Å². The first-order valence-electron chi connectivity index (χ1n) is 7.91. The van der Waals surface area contributed by atoms with Crippen LogP contribution in [0.15, 0.2) is 24.3 Å². The molecule has 0 radical (unpaired) electrons. The Bertz CT molecular complexity index is 466. The molecule has 2 heterocycles. The monoisotopic (exact) mass is 272 g/mol. The van der Waals surface area contributed by atoms with Gasteiger partial charge in [0.25, 0.3) is 0 Å². The minimum atomic E-state index is 0.326. The molecular formula is C17H24N2O. The number of hydrogen-bond donors (Lipinski definition) is 1. The van der Waals surface area contributed by atoms with E-state index in [0.717, 1.165) is 32.5 Å². The van der Waals surface area contributed by atoms with Gasteiger partial charge in [0.05, 0.1) is 0 Å². The fourth-order valence-electron chi connectivity index (χ4n) is 3.33. The lowest BCUT2D eigenvalue weighted by Crippen LogP contribution is -2.38. The summed E-state index contributed by atoms with van der Waals surface area (Å²) in [4.78, 5) is 14.4. The summed E-state index contributed by atoms with van der Waals surface area (Å²) in [5, 5.41) is 3.52. The van der Waals surface area contributed by atoms with Crippen LogP contribution in [0.25, 0.3) is 0 Å². The van der Waals surface area contributed by atoms with Crippen molar-refractivity contribution in [3.8, 4) is 0 Å². The fraction of sp³-hybridized carbons (Fsp3) is 0.588. The van der Waals surface area contributed by atoms with Gasteiger partial charge in [-0.1, -0.05) is 30.7 Å². The second-order valence-corrected chi connectivity index (χ2v) is 6.02. The smallest absolute Gasteiger partial charge is 0.222 e. The number of amides is 1. The highest BCUT2D eigenvalue weighted by molar-refractivity contribution is 5.76. The predicted molar refractivity (Wildman–Crippen MR) is 80.4 cm³/mol. The van der Waals surface area contributed by atoms with E-state index in [1.807, 2.05) is 4.90 Å². The van der Waals surface area contributed by atoms with Crippen molar-refractivity contribution in [2.24, 2.45) is 0 Å². The van der Waals surface area contributed by atoms with E-state index in [0.29, 0.717) is 18.4 Å². The lowest BCUT2D eigenvalue weighted by Gasteiger charge is -2.30. The molecule has 0 aliphatic carbocycles. The number of rotatable bonds is 3. The molecule has 0 bridgehead atoms. The Hall–Kier alpha value is -1.35. The maximum Gasteiger partial charge on any atom is 0.222 e. The molecule has 3 rings (SSSR count). The summed E-state index contributed by atoms with van der Waals surface area (Å²) in [7, 11) is 0. The lowest BCUT2D eigenvalue weighted by molar-refractivity contribution is -0.132. The van der Waals surface area contributed by atoms with Gasteiger partial charge in [-0.25, -0.2) is 0 Å². The molecule has 3 nitrogen and oxygen atoms in total. The molecule has 108 valence electrons. The highest BCUT2D eigenvalue weighted by atomic mass is 16.2. The number of carbonyl (C=O) groups is 1. The summed E-state index contributed by atoms with van der Waals surface area (Å²) in [6, 6.07) is 9.05. The van der Waals surface area contributed by atoms with Gasteiger partial charge in [0.2, 0.25) is 5.91 Å². The van der Waals surface area contributed by atoms with Gasteiger partial charge < -0.3 is 10.2 Å². The SMILES string of the molecule is O=C(CCC1CCCCN1)N1CCc2ccccc2C1. The van der Waals surface area contributed by atoms with E-state index < -0.39 is 0 Å². The first-order chi connectivity index (χ1) is 9.83. The van der Waals surface area contributed by atoms with Crippen molar-refractivity contribution in [2.75, 3.05) is 13.1 Å². The Morgan fingerprint density at radius 3 is 2.90 bits per heavy atom. The maximum absolute atomic E-state index is 12.3. The molecule has 20 heavy (non-hydrogen) atoms. The summed E-state index contributed by atoms with van der Waals surface area (Å²) in [6.45, 7) is 2.80. The van der Waals surface area contributed by atoms with Crippen LogP contribution < -0.4 is 5.32 Å². The molecule has 3 heteroatoms. The van der Waals surface area contributed by atoms with Crippen LogP contribution in [0.3, 0.4) is 0 Å². The van der Waals surface area contributed by atoms with E-state index >= 15 is 0 Å². The van der Waals surface area contributed by atoms with E-state index in [9.17, 15) is 4.79 Å². The zero-order valence-corrected chi connectivity index (χ0v) is 12.1. The molecule has 0 saturated carbocycles. The van der Waals surface area contributed by atoms with Crippen molar-refractivity contribution in [2.45, 2.75) is 51.1 Å². The van der Waals surface area contributed by atoms with Crippen LogP contribution in [0, 0.1) is 0 Å². The number of nitrogens with zero attached hydrogens (tertiary/aromatic N) is 1. The molecule has 2 aliphatic rings. The number of hydrogen-bond acceptors (Lipinski definition) is 2.